The zero-order valence-electron chi connectivity index (χ0n) is 15.3. The maximum atomic E-state index is 9.57. The number of phosphoric acid groups is 1. The Morgan fingerprint density at radius 3 is 1.47 bits per heavy atom. The van der Waals surface area contributed by atoms with Crippen LogP contribution in [0.25, 0.3) is 21.5 Å². The summed E-state index contributed by atoms with van der Waals surface area (Å²) in [6.45, 7) is 0. The van der Waals surface area contributed by atoms with Crippen LogP contribution in [0.5, 0.6) is 0 Å². The Hall–Kier alpha value is -1.51. The molecule has 156 valence electrons. The van der Waals surface area contributed by atoms with Gasteiger partial charge in [0.05, 0.1) is 0 Å². The molecule has 0 radical (unpaired) electrons. The van der Waals surface area contributed by atoms with Crippen LogP contribution in [0.15, 0.2) is 84.9 Å². The van der Waals surface area contributed by atoms with Gasteiger partial charge in [-0.3, -0.25) is 0 Å². The minimum atomic E-state index is -6.44. The Morgan fingerprint density at radius 1 is 0.733 bits per heavy atom. The van der Waals surface area contributed by atoms with E-state index in [1.807, 2.05) is 0 Å². The van der Waals surface area contributed by atoms with Crippen molar-refractivity contribution >= 4 is 29.4 Å². The first-order chi connectivity index (χ1) is 14.1. The predicted molar refractivity (Wildman–Crippen MR) is 99.8 cm³/mol. The van der Waals surface area contributed by atoms with Crippen LogP contribution in [0.1, 0.15) is 0 Å². The van der Waals surface area contributed by atoms with Gasteiger partial charge in [0.2, 0.25) is 0 Å². The molecule has 0 aliphatic heterocycles. The molecule has 0 bridgehead atoms. The summed E-state index contributed by atoms with van der Waals surface area (Å²) in [6.07, 6.45) is 0. The van der Waals surface area contributed by atoms with Crippen molar-refractivity contribution in [2.75, 3.05) is 0 Å². The van der Waals surface area contributed by atoms with Crippen LogP contribution in [-0.4, -0.2) is 9.79 Å². The molecule has 0 amide bonds. The molecule has 0 atom stereocenters. The fourth-order valence-electron chi connectivity index (χ4n) is 2.68. The second kappa shape index (κ2) is 9.74. The van der Waals surface area contributed by atoms with Crippen molar-refractivity contribution in [3.63, 3.8) is 0 Å². The summed E-state index contributed by atoms with van der Waals surface area (Å²) in [6, 6.07) is 30.9. The molecule has 4 aromatic carbocycles. The normalized spacial score (nSPS) is 11.8. The molecular weight excluding hydrogens is 694 g/mol. The molecule has 0 aliphatic carbocycles. The van der Waals surface area contributed by atoms with Crippen molar-refractivity contribution < 1.29 is 66.0 Å². The van der Waals surface area contributed by atoms with E-state index in [0.717, 1.165) is 0 Å². The maximum absolute atomic E-state index is 9.57. The van der Waals surface area contributed by atoms with Crippen LogP contribution in [0.2, 0.25) is 0 Å². The quantitative estimate of drug-likeness (QED) is 0.230. The van der Waals surface area contributed by atoms with Crippen molar-refractivity contribution in [1.82, 2.24) is 0 Å². The fourth-order valence-corrected chi connectivity index (χ4v) is 7.90. The van der Waals surface area contributed by atoms with Crippen LogP contribution in [-0.2, 0) is 31.3 Å². The van der Waals surface area contributed by atoms with Gasteiger partial charge in [-0.25, -0.2) is 0 Å². The molecule has 0 saturated carbocycles. The van der Waals surface area contributed by atoms with E-state index >= 15 is 0 Å². The SMILES string of the molecule is O=P(O)(O)[O][W](=[O])(=[O])[O-].c1ccc2cc([I+]c3ccc4ccccc4c3)ccc2c1. The summed E-state index contributed by atoms with van der Waals surface area (Å²) >= 11 is -6.57. The zero-order chi connectivity index (χ0) is 21.8. The van der Waals surface area contributed by atoms with E-state index in [9.17, 15) is 15.1 Å². The maximum Gasteiger partial charge on any atom is 0.357 e. The van der Waals surface area contributed by atoms with E-state index in [4.69, 9.17) is 9.79 Å². The minimum Gasteiger partial charge on any atom is -0.0616 e. The van der Waals surface area contributed by atoms with Crippen molar-refractivity contribution in [2.45, 2.75) is 0 Å². The molecule has 0 saturated heterocycles. The Kier molecular flexibility index (Phi) is 7.52. The van der Waals surface area contributed by atoms with Crippen LogP contribution < -0.4 is 25.0 Å². The van der Waals surface area contributed by atoms with E-state index < -0.39 is 24.6 Å². The minimum absolute atomic E-state index is 0.121. The molecule has 30 heavy (non-hydrogen) atoms. The van der Waals surface area contributed by atoms with E-state index in [1.165, 1.54) is 28.7 Å². The molecule has 2 N–H and O–H groups in total. The van der Waals surface area contributed by atoms with E-state index in [0.29, 0.717) is 0 Å². The number of hydrogen-bond acceptors (Lipinski definition) is 5. The molecule has 0 aliphatic rings. The Morgan fingerprint density at radius 2 is 1.13 bits per heavy atom. The third kappa shape index (κ3) is 7.32. The first-order valence-electron chi connectivity index (χ1n) is 8.44. The Labute approximate surface area is 186 Å². The number of fused-ring (bicyclic) bond motifs is 2. The summed E-state index contributed by atoms with van der Waals surface area (Å²) < 4.78 is 43.9. The average Bonchev–Trinajstić information content (AvgIpc) is 2.65. The van der Waals surface area contributed by atoms with Gasteiger partial charge in [-0.2, -0.15) is 0 Å². The summed E-state index contributed by atoms with van der Waals surface area (Å²) in [5, 5.41) is 5.33. The molecule has 0 heterocycles. The summed E-state index contributed by atoms with van der Waals surface area (Å²) in [4.78, 5) is 15.4. The van der Waals surface area contributed by atoms with E-state index in [1.54, 1.807) is 0 Å². The van der Waals surface area contributed by atoms with Gasteiger partial charge in [0.25, 0.3) is 0 Å². The molecule has 0 aromatic heterocycles. The molecule has 0 spiro atoms. The molecule has 10 heteroatoms. The second-order valence-electron chi connectivity index (χ2n) is 6.05. The molecule has 4 rings (SSSR count). The van der Waals surface area contributed by atoms with Gasteiger partial charge in [-0.1, -0.05) is 48.5 Å². The van der Waals surface area contributed by atoms with Crippen LogP contribution in [0.4, 0.5) is 0 Å². The fraction of sp³-hybridized carbons (Fsp3) is 0. The largest absolute Gasteiger partial charge is 0.357 e. The van der Waals surface area contributed by atoms with Gasteiger partial charge in [0.1, 0.15) is 0 Å². The van der Waals surface area contributed by atoms with Gasteiger partial charge >= 0.3 is 73.9 Å². The topological polar surface area (TPSA) is 124 Å². The predicted octanol–water partition coefficient (Wildman–Crippen LogP) is 0.252. The van der Waals surface area contributed by atoms with Gasteiger partial charge < -0.3 is 0 Å². The number of benzene rings is 4. The first kappa shape index (κ1) is 23.2. The smallest absolute Gasteiger partial charge is 0.0616 e. The Balaban J connectivity index is 0.000000244. The summed E-state index contributed by atoms with van der Waals surface area (Å²) in [5.74, 6) is 0. The van der Waals surface area contributed by atoms with Crippen molar-refractivity contribution in [3.05, 3.63) is 92.1 Å². The van der Waals surface area contributed by atoms with Crippen molar-refractivity contribution in [3.8, 4) is 0 Å². The third-order valence-electron chi connectivity index (χ3n) is 3.83. The number of halogens is 1. The van der Waals surface area contributed by atoms with Gasteiger partial charge in [0.15, 0.2) is 7.14 Å². The van der Waals surface area contributed by atoms with E-state index in [2.05, 4.69) is 88.1 Å². The van der Waals surface area contributed by atoms with Crippen LogP contribution in [0, 0.1) is 7.14 Å². The van der Waals surface area contributed by atoms with Crippen molar-refractivity contribution in [2.24, 2.45) is 0 Å². The standard InChI is InChI=1S/C20H14I.H3O4P.3O.W/c1-3-7-17-13-19(11-9-15(17)5-1)21-20-12-10-16-6-2-4-8-18(16)14-20;1-5(2,3)4;;;;/h1-14H;(H3,1,2,3,4);;;;/q+1;;;;-1;+1/p-1. The Bertz CT molecular complexity index is 1260. The molecule has 0 unspecified atom stereocenters. The van der Waals surface area contributed by atoms with Crippen molar-refractivity contribution in [1.29, 1.82) is 0 Å². The average molecular weight is 710 g/mol. The number of rotatable bonds is 4. The summed E-state index contributed by atoms with van der Waals surface area (Å²) in [7, 11) is -5.13. The number of hydrogen-bond donors (Lipinski definition) is 2. The van der Waals surface area contributed by atoms with Gasteiger partial charge in [-0.15, -0.1) is 0 Å². The summed E-state index contributed by atoms with van der Waals surface area (Å²) in [5.41, 5.74) is 0. The third-order valence-corrected chi connectivity index (χ3v) is 10.9. The zero-order valence-corrected chi connectivity index (χ0v) is 21.2. The first-order valence-corrected chi connectivity index (χ1v) is 16.9. The monoisotopic (exact) mass is 710 g/mol. The van der Waals surface area contributed by atoms with E-state index in [-0.39, 0.29) is 21.2 Å². The molecule has 0 fully saturated rings. The molecule has 7 nitrogen and oxygen atoms in total. The van der Waals surface area contributed by atoms with Crippen LogP contribution in [0.3, 0.4) is 0 Å². The van der Waals surface area contributed by atoms with Gasteiger partial charge in [0, 0.05) is 0 Å². The second-order valence-corrected chi connectivity index (χ2v) is 14.8. The van der Waals surface area contributed by atoms with Gasteiger partial charge in [-0.05, 0) is 57.9 Å². The molecule has 4 aromatic rings. The molecular formula is C20H16IO7PW. The van der Waals surface area contributed by atoms with Crippen LogP contribution >= 0.6 is 7.82 Å².